The predicted octanol–water partition coefficient (Wildman–Crippen LogP) is 12.5. The molecule has 1 atom stereocenters. The standard InChI is InChI=1S/C51H37NO/c1-34-32-33-48-50(44-25-9-12-31-47(44)53-48)51(34)52(45-29-10-7-23-41(45)40-27-13-19-35-18-5-6-22-38(35)40)46-30-11-8-24-42(46)43-28-15-21-37-20-14-26-39(49(37)43)36-16-3-2-4-17-36/h2-31,33-34H,32H2,1H3. The Bertz CT molecular complexity index is 2940. The summed E-state index contributed by atoms with van der Waals surface area (Å²) in [6.45, 7) is 2.36. The summed E-state index contributed by atoms with van der Waals surface area (Å²) in [4.78, 5) is 2.56. The predicted molar refractivity (Wildman–Crippen MR) is 223 cm³/mol. The molecule has 10 rings (SSSR count). The van der Waals surface area contributed by atoms with Crippen LogP contribution >= 0.6 is 0 Å². The first kappa shape index (κ1) is 31.1. The maximum atomic E-state index is 6.60. The third-order valence-corrected chi connectivity index (χ3v) is 10.9. The van der Waals surface area contributed by atoms with Gasteiger partial charge in [-0.1, -0.05) is 171 Å². The summed E-state index contributed by atoms with van der Waals surface area (Å²) in [5, 5.41) is 7.25. The van der Waals surface area contributed by atoms with Crippen molar-refractivity contribution >= 4 is 55.7 Å². The summed E-state index contributed by atoms with van der Waals surface area (Å²) in [5.74, 6) is 0.213. The number of fused-ring (bicyclic) bond motifs is 5. The molecule has 0 radical (unpaired) electrons. The fraction of sp³-hybridized carbons (Fsp3) is 0.0588. The van der Waals surface area contributed by atoms with Crippen molar-refractivity contribution in [3.8, 4) is 33.4 Å². The van der Waals surface area contributed by atoms with Crippen LogP contribution in [0.5, 0.6) is 0 Å². The van der Waals surface area contributed by atoms with E-state index in [9.17, 15) is 0 Å². The normalized spacial score (nSPS) is 14.0. The topological polar surface area (TPSA) is 16.4 Å². The number of benzene rings is 8. The smallest absolute Gasteiger partial charge is 0.135 e. The lowest BCUT2D eigenvalue weighted by Gasteiger charge is -2.35. The van der Waals surface area contributed by atoms with Gasteiger partial charge in [0.05, 0.1) is 11.4 Å². The first-order valence-electron chi connectivity index (χ1n) is 18.5. The number of para-hydroxylation sites is 3. The molecule has 1 unspecified atom stereocenters. The van der Waals surface area contributed by atoms with Crippen molar-refractivity contribution in [3.63, 3.8) is 0 Å². The van der Waals surface area contributed by atoms with Crippen LogP contribution in [0.3, 0.4) is 0 Å². The van der Waals surface area contributed by atoms with E-state index in [2.05, 4.69) is 200 Å². The van der Waals surface area contributed by atoms with Crippen molar-refractivity contribution in [1.82, 2.24) is 0 Å². The van der Waals surface area contributed by atoms with Crippen LogP contribution in [0.25, 0.3) is 77.7 Å². The van der Waals surface area contributed by atoms with Gasteiger partial charge in [-0.2, -0.15) is 0 Å². The zero-order valence-corrected chi connectivity index (χ0v) is 29.5. The van der Waals surface area contributed by atoms with Gasteiger partial charge in [0, 0.05) is 33.3 Å². The fourth-order valence-electron chi connectivity index (χ4n) is 8.51. The average Bonchev–Trinajstić information content (AvgIpc) is 3.60. The van der Waals surface area contributed by atoms with Crippen LogP contribution in [0.15, 0.2) is 186 Å². The van der Waals surface area contributed by atoms with Crippen LogP contribution in [0, 0.1) is 5.92 Å². The van der Waals surface area contributed by atoms with E-state index in [-0.39, 0.29) is 5.92 Å². The number of furan rings is 1. The van der Waals surface area contributed by atoms with Crippen LogP contribution in [-0.4, -0.2) is 0 Å². The van der Waals surface area contributed by atoms with Crippen LogP contribution in [0.2, 0.25) is 0 Å². The van der Waals surface area contributed by atoms with Crippen LogP contribution in [-0.2, 0) is 0 Å². The van der Waals surface area contributed by atoms with Crippen molar-refractivity contribution in [2.24, 2.45) is 5.92 Å². The third-order valence-electron chi connectivity index (χ3n) is 10.9. The van der Waals surface area contributed by atoms with E-state index >= 15 is 0 Å². The summed E-state index contributed by atoms with van der Waals surface area (Å²) < 4.78 is 6.60. The first-order chi connectivity index (χ1) is 26.2. The molecule has 53 heavy (non-hydrogen) atoms. The van der Waals surface area contributed by atoms with Gasteiger partial charge >= 0.3 is 0 Å². The summed E-state index contributed by atoms with van der Waals surface area (Å²) in [5.41, 5.74) is 12.6. The molecule has 2 heteroatoms. The molecule has 1 aliphatic carbocycles. The van der Waals surface area contributed by atoms with Crippen molar-refractivity contribution in [2.45, 2.75) is 13.3 Å². The first-order valence-corrected chi connectivity index (χ1v) is 18.5. The van der Waals surface area contributed by atoms with E-state index in [0.717, 1.165) is 34.2 Å². The van der Waals surface area contributed by atoms with Crippen molar-refractivity contribution in [1.29, 1.82) is 0 Å². The molecule has 8 aromatic carbocycles. The zero-order valence-electron chi connectivity index (χ0n) is 29.5. The average molecular weight is 680 g/mol. The Morgan fingerprint density at radius 1 is 0.472 bits per heavy atom. The maximum absolute atomic E-state index is 6.60. The SMILES string of the molecule is CC1CC=c2oc3ccccc3c2=C1N(c1ccccc1-c1cccc2ccccc12)c1ccccc1-c1cccc2cccc(-c3ccccc3)c12. The Morgan fingerprint density at radius 3 is 1.79 bits per heavy atom. The summed E-state index contributed by atoms with van der Waals surface area (Å²) >= 11 is 0. The van der Waals surface area contributed by atoms with E-state index in [1.807, 2.05) is 0 Å². The highest BCUT2D eigenvalue weighted by Crippen LogP contribution is 2.47. The summed E-state index contributed by atoms with van der Waals surface area (Å²) in [6, 6.07) is 65.9. The van der Waals surface area contributed by atoms with Gasteiger partial charge < -0.3 is 9.32 Å². The van der Waals surface area contributed by atoms with Gasteiger partial charge in [0.1, 0.15) is 11.0 Å². The van der Waals surface area contributed by atoms with Gasteiger partial charge in [0.25, 0.3) is 0 Å². The van der Waals surface area contributed by atoms with Crippen molar-refractivity contribution < 1.29 is 4.42 Å². The number of hydrogen-bond donors (Lipinski definition) is 0. The highest BCUT2D eigenvalue weighted by atomic mass is 16.3. The quantitative estimate of drug-likeness (QED) is 0.174. The monoisotopic (exact) mass is 679 g/mol. The number of anilines is 2. The molecule has 0 aliphatic heterocycles. The molecule has 1 heterocycles. The van der Waals surface area contributed by atoms with Gasteiger partial charge in [-0.15, -0.1) is 0 Å². The molecule has 1 aromatic heterocycles. The van der Waals surface area contributed by atoms with E-state index in [0.29, 0.717) is 0 Å². The van der Waals surface area contributed by atoms with E-state index in [1.54, 1.807) is 0 Å². The van der Waals surface area contributed by atoms with Gasteiger partial charge in [-0.25, -0.2) is 0 Å². The molecule has 0 amide bonds. The minimum Gasteiger partial charge on any atom is -0.456 e. The Morgan fingerprint density at radius 2 is 1.02 bits per heavy atom. The Balaban J connectivity index is 1.33. The lowest BCUT2D eigenvalue weighted by molar-refractivity contribution is 0.565. The van der Waals surface area contributed by atoms with Crippen molar-refractivity contribution in [2.75, 3.05) is 4.90 Å². The Kier molecular flexibility index (Phi) is 7.54. The molecule has 9 aromatic rings. The van der Waals surface area contributed by atoms with Gasteiger partial charge in [-0.3, -0.25) is 0 Å². The largest absolute Gasteiger partial charge is 0.456 e. The summed E-state index contributed by atoms with van der Waals surface area (Å²) in [6.07, 6.45) is 3.16. The molecule has 0 spiro atoms. The fourth-order valence-corrected chi connectivity index (χ4v) is 8.51. The molecule has 0 saturated carbocycles. The van der Waals surface area contributed by atoms with Crippen LogP contribution in [0.1, 0.15) is 13.3 Å². The molecular weight excluding hydrogens is 643 g/mol. The van der Waals surface area contributed by atoms with Crippen LogP contribution in [0.4, 0.5) is 11.4 Å². The molecule has 252 valence electrons. The van der Waals surface area contributed by atoms with Crippen LogP contribution < -0.4 is 15.5 Å². The lowest BCUT2D eigenvalue weighted by Crippen LogP contribution is -2.37. The third kappa shape index (κ3) is 5.18. The maximum Gasteiger partial charge on any atom is 0.135 e. The van der Waals surface area contributed by atoms with E-state index < -0.39 is 0 Å². The van der Waals surface area contributed by atoms with Crippen molar-refractivity contribution in [3.05, 3.63) is 193 Å². The zero-order chi connectivity index (χ0) is 35.3. The highest BCUT2D eigenvalue weighted by molar-refractivity contribution is 6.10. The second-order valence-electron chi connectivity index (χ2n) is 14.0. The Hall–Kier alpha value is -6.64. The summed E-state index contributed by atoms with van der Waals surface area (Å²) in [7, 11) is 0. The van der Waals surface area contributed by atoms with E-state index in [4.69, 9.17) is 4.42 Å². The molecule has 0 N–H and O–H groups in total. The van der Waals surface area contributed by atoms with Gasteiger partial charge in [0.2, 0.25) is 0 Å². The lowest BCUT2D eigenvalue weighted by atomic mass is 9.89. The molecular formula is C51H37NO. The van der Waals surface area contributed by atoms with Gasteiger partial charge in [0.15, 0.2) is 0 Å². The molecule has 0 fully saturated rings. The Labute approximate surface area is 309 Å². The minimum absolute atomic E-state index is 0.213. The highest BCUT2D eigenvalue weighted by Gasteiger charge is 2.29. The molecule has 0 bridgehead atoms. The van der Waals surface area contributed by atoms with Gasteiger partial charge in [-0.05, 0) is 74.5 Å². The number of nitrogens with zero attached hydrogens (tertiary/aromatic N) is 1. The molecule has 2 nitrogen and oxygen atoms in total. The number of rotatable bonds is 6. The van der Waals surface area contributed by atoms with E-state index in [1.165, 1.54) is 65.8 Å². The minimum atomic E-state index is 0.213. The molecule has 0 saturated heterocycles. The second kappa shape index (κ2) is 12.8. The number of hydrogen-bond acceptors (Lipinski definition) is 2. The second-order valence-corrected chi connectivity index (χ2v) is 14.0. The molecule has 1 aliphatic rings.